The van der Waals surface area contributed by atoms with E-state index in [9.17, 15) is 4.79 Å². The summed E-state index contributed by atoms with van der Waals surface area (Å²) in [6.07, 6.45) is 3.92. The van der Waals surface area contributed by atoms with Gasteiger partial charge in [0, 0.05) is 44.5 Å². The molecule has 0 unspecified atom stereocenters. The smallest absolute Gasteiger partial charge is 0.253 e. The summed E-state index contributed by atoms with van der Waals surface area (Å²) in [6.45, 7) is 2.71. The molecule has 0 N–H and O–H groups in total. The van der Waals surface area contributed by atoms with Crippen LogP contribution in [0.4, 0.5) is 5.82 Å². The maximum Gasteiger partial charge on any atom is 0.253 e. The molecule has 5 heteroatoms. The van der Waals surface area contributed by atoms with Gasteiger partial charge in [-0.2, -0.15) is 0 Å². The Morgan fingerprint density at radius 1 is 1.15 bits per heavy atom. The first-order valence-corrected chi connectivity index (χ1v) is 9.21. The van der Waals surface area contributed by atoms with Crippen molar-refractivity contribution in [2.75, 3.05) is 39.1 Å². The molecule has 5 nitrogen and oxygen atoms in total. The Hall–Kier alpha value is -2.40. The summed E-state index contributed by atoms with van der Waals surface area (Å²) in [5, 5.41) is 0. The Balaban J connectivity index is 1.66. The molecule has 1 atom stereocenters. The lowest BCUT2D eigenvalue weighted by Gasteiger charge is -2.38. The minimum absolute atomic E-state index is 0.0919. The highest BCUT2D eigenvalue weighted by atomic mass is 16.2. The second-order valence-electron chi connectivity index (χ2n) is 7.28. The van der Waals surface area contributed by atoms with Gasteiger partial charge in [-0.1, -0.05) is 18.2 Å². The summed E-state index contributed by atoms with van der Waals surface area (Å²) in [5.74, 6) is 1.08. The molecule has 0 bridgehead atoms. The third kappa shape index (κ3) is 4.41. The largest absolute Gasteiger partial charge is 0.355 e. The zero-order valence-electron chi connectivity index (χ0n) is 15.9. The van der Waals surface area contributed by atoms with Crippen LogP contribution in [0.15, 0.2) is 48.7 Å². The lowest BCUT2D eigenvalue weighted by molar-refractivity contribution is 0.0717. The topological polar surface area (TPSA) is 39.7 Å². The lowest BCUT2D eigenvalue weighted by atomic mass is 10.0. The van der Waals surface area contributed by atoms with Crippen molar-refractivity contribution in [1.29, 1.82) is 0 Å². The van der Waals surface area contributed by atoms with Gasteiger partial charge in [-0.3, -0.25) is 4.79 Å². The van der Waals surface area contributed by atoms with Crippen molar-refractivity contribution in [3.8, 4) is 0 Å². The van der Waals surface area contributed by atoms with Crippen LogP contribution in [0.2, 0.25) is 0 Å². The third-order valence-corrected chi connectivity index (χ3v) is 4.94. The van der Waals surface area contributed by atoms with E-state index in [4.69, 9.17) is 0 Å². The zero-order chi connectivity index (χ0) is 18.5. The highest BCUT2D eigenvalue weighted by Crippen LogP contribution is 2.21. The van der Waals surface area contributed by atoms with Crippen LogP contribution < -0.4 is 4.90 Å². The van der Waals surface area contributed by atoms with Gasteiger partial charge in [0.2, 0.25) is 0 Å². The fourth-order valence-corrected chi connectivity index (χ4v) is 3.51. The average Bonchev–Trinajstić information content (AvgIpc) is 2.68. The maximum atomic E-state index is 12.9. The number of aromatic nitrogens is 1. The molecule has 0 spiro atoms. The Kier molecular flexibility index (Phi) is 5.89. The summed E-state index contributed by atoms with van der Waals surface area (Å²) >= 11 is 0. The summed E-state index contributed by atoms with van der Waals surface area (Å²) in [4.78, 5) is 23.6. The van der Waals surface area contributed by atoms with Gasteiger partial charge in [-0.25, -0.2) is 4.98 Å². The highest BCUT2D eigenvalue weighted by molar-refractivity contribution is 5.94. The van der Waals surface area contributed by atoms with Crippen LogP contribution in [0.3, 0.4) is 0 Å². The van der Waals surface area contributed by atoms with Crippen molar-refractivity contribution in [3.05, 3.63) is 59.8 Å². The van der Waals surface area contributed by atoms with E-state index in [2.05, 4.69) is 14.8 Å². The number of benzene rings is 1. The van der Waals surface area contributed by atoms with E-state index in [1.165, 1.54) is 5.56 Å². The Morgan fingerprint density at radius 2 is 1.92 bits per heavy atom. The van der Waals surface area contributed by atoms with E-state index >= 15 is 0 Å². The van der Waals surface area contributed by atoms with Gasteiger partial charge in [-0.15, -0.1) is 0 Å². The molecule has 1 aliphatic heterocycles. The molecular formula is C21H28N4O. The van der Waals surface area contributed by atoms with E-state index in [0.717, 1.165) is 43.9 Å². The lowest BCUT2D eigenvalue weighted by Crippen LogP contribution is -2.48. The number of carbonyl (C=O) groups is 1. The van der Waals surface area contributed by atoms with Crippen LogP contribution in [0.5, 0.6) is 0 Å². The minimum Gasteiger partial charge on any atom is -0.355 e. The first-order chi connectivity index (χ1) is 12.5. The van der Waals surface area contributed by atoms with Gasteiger partial charge in [0.15, 0.2) is 0 Å². The van der Waals surface area contributed by atoms with Crippen molar-refractivity contribution in [1.82, 2.24) is 14.8 Å². The number of hydrogen-bond acceptors (Lipinski definition) is 4. The SMILES string of the molecule is CN(C)Cc1ccc(C(=O)N(C)[C@@H]2CCCN(c3ccccn3)C2)cc1. The van der Waals surface area contributed by atoms with Crippen LogP contribution in [-0.2, 0) is 6.54 Å². The highest BCUT2D eigenvalue weighted by Gasteiger charge is 2.27. The van der Waals surface area contributed by atoms with Crippen LogP contribution >= 0.6 is 0 Å². The molecule has 3 rings (SSSR count). The number of carbonyl (C=O) groups excluding carboxylic acids is 1. The second-order valence-corrected chi connectivity index (χ2v) is 7.28. The molecule has 1 aliphatic rings. The van der Waals surface area contributed by atoms with Crippen molar-refractivity contribution >= 4 is 11.7 Å². The van der Waals surface area contributed by atoms with Gasteiger partial charge in [0.1, 0.15) is 5.82 Å². The zero-order valence-corrected chi connectivity index (χ0v) is 15.9. The summed E-state index contributed by atoms with van der Waals surface area (Å²) in [5.41, 5.74) is 1.97. The van der Waals surface area contributed by atoms with Gasteiger partial charge < -0.3 is 14.7 Å². The van der Waals surface area contributed by atoms with E-state index in [0.29, 0.717) is 0 Å². The number of piperidine rings is 1. The molecule has 2 aromatic rings. The summed E-state index contributed by atoms with van der Waals surface area (Å²) < 4.78 is 0. The molecule has 138 valence electrons. The number of rotatable bonds is 5. The molecule has 1 aromatic heterocycles. The Labute approximate surface area is 156 Å². The van der Waals surface area contributed by atoms with Crippen molar-refractivity contribution in [2.24, 2.45) is 0 Å². The van der Waals surface area contributed by atoms with Crippen molar-refractivity contribution < 1.29 is 4.79 Å². The second kappa shape index (κ2) is 8.32. The Bertz CT molecular complexity index is 715. The molecule has 1 fully saturated rings. The Morgan fingerprint density at radius 3 is 2.58 bits per heavy atom. The quantitative estimate of drug-likeness (QED) is 0.830. The number of likely N-dealkylation sites (N-methyl/N-ethyl adjacent to an activating group) is 1. The first-order valence-electron chi connectivity index (χ1n) is 9.21. The standard InChI is InChI=1S/C21H28N4O/c1-23(2)15-17-9-11-18(12-10-17)21(26)24(3)19-7-6-14-25(16-19)20-8-4-5-13-22-20/h4-5,8-13,19H,6-7,14-16H2,1-3H3/t19-/m1/s1. The first kappa shape index (κ1) is 18.4. The van der Waals surface area contributed by atoms with Crippen LogP contribution in [0.1, 0.15) is 28.8 Å². The van der Waals surface area contributed by atoms with Crippen LogP contribution in [-0.4, -0.2) is 61.0 Å². The molecule has 1 saturated heterocycles. The van der Waals surface area contributed by atoms with Crippen LogP contribution in [0.25, 0.3) is 0 Å². The van der Waals surface area contributed by atoms with Gasteiger partial charge >= 0.3 is 0 Å². The molecule has 1 amide bonds. The fraction of sp³-hybridized carbons (Fsp3) is 0.429. The molecule has 0 aliphatic carbocycles. The summed E-state index contributed by atoms with van der Waals surface area (Å²) in [6, 6.07) is 14.2. The molecule has 1 aromatic carbocycles. The van der Waals surface area contributed by atoms with Gasteiger partial charge in [-0.05, 0) is 56.8 Å². The molecule has 0 saturated carbocycles. The summed E-state index contributed by atoms with van der Waals surface area (Å²) in [7, 11) is 6.01. The van der Waals surface area contributed by atoms with Gasteiger partial charge in [0.25, 0.3) is 5.91 Å². The third-order valence-electron chi connectivity index (χ3n) is 4.94. The predicted octanol–water partition coefficient (Wildman–Crippen LogP) is 2.88. The molecule has 2 heterocycles. The van der Waals surface area contributed by atoms with Crippen molar-refractivity contribution in [3.63, 3.8) is 0 Å². The normalized spacial score (nSPS) is 17.4. The van der Waals surface area contributed by atoms with Crippen molar-refractivity contribution in [2.45, 2.75) is 25.4 Å². The maximum absolute atomic E-state index is 12.9. The number of anilines is 1. The van der Waals surface area contributed by atoms with E-state index in [1.807, 2.05) is 74.7 Å². The van der Waals surface area contributed by atoms with E-state index in [-0.39, 0.29) is 11.9 Å². The number of nitrogens with zero attached hydrogens (tertiary/aromatic N) is 4. The van der Waals surface area contributed by atoms with E-state index < -0.39 is 0 Å². The van der Waals surface area contributed by atoms with Crippen LogP contribution in [0, 0.1) is 0 Å². The average molecular weight is 352 g/mol. The monoisotopic (exact) mass is 352 g/mol. The predicted molar refractivity (Wildman–Crippen MR) is 105 cm³/mol. The minimum atomic E-state index is 0.0919. The molecule has 0 radical (unpaired) electrons. The molecule has 26 heavy (non-hydrogen) atoms. The number of hydrogen-bond donors (Lipinski definition) is 0. The molecular weight excluding hydrogens is 324 g/mol. The number of amides is 1. The van der Waals surface area contributed by atoms with Gasteiger partial charge in [0.05, 0.1) is 0 Å². The number of pyridine rings is 1. The van der Waals surface area contributed by atoms with E-state index in [1.54, 1.807) is 0 Å². The fourth-order valence-electron chi connectivity index (χ4n) is 3.51.